The van der Waals surface area contributed by atoms with Crippen molar-refractivity contribution in [2.24, 2.45) is 0 Å². The molecule has 0 aliphatic heterocycles. The van der Waals surface area contributed by atoms with Gasteiger partial charge in [-0.3, -0.25) is 9.97 Å². The Balaban J connectivity index is 1.20. The van der Waals surface area contributed by atoms with Gasteiger partial charge in [0, 0.05) is 24.8 Å². The van der Waals surface area contributed by atoms with Crippen molar-refractivity contribution in [1.29, 1.82) is 0 Å². The van der Waals surface area contributed by atoms with Crippen LogP contribution in [0.2, 0.25) is 0 Å². The molecule has 0 aliphatic rings. The predicted molar refractivity (Wildman–Crippen MR) is 200 cm³/mol. The zero-order chi connectivity index (χ0) is 32.1. The third-order valence-corrected chi connectivity index (χ3v) is 8.85. The second-order valence-corrected chi connectivity index (χ2v) is 12.0. The summed E-state index contributed by atoms with van der Waals surface area (Å²) in [5.74, 6) is 0. The van der Waals surface area contributed by atoms with Crippen LogP contribution in [0.3, 0.4) is 0 Å². The van der Waals surface area contributed by atoms with Crippen LogP contribution in [0.25, 0.3) is 77.9 Å². The van der Waals surface area contributed by atoms with E-state index in [9.17, 15) is 0 Å². The summed E-state index contributed by atoms with van der Waals surface area (Å²) in [6.07, 6.45) is 7.37. The number of hydrogen-bond donors (Lipinski definition) is 0. The fraction of sp³-hybridized carbons (Fsp3) is 0. The van der Waals surface area contributed by atoms with E-state index >= 15 is 0 Å². The minimum absolute atomic E-state index is 1.16. The minimum Gasteiger partial charge on any atom is -0.265 e. The zero-order valence-corrected chi connectivity index (χ0v) is 26.4. The molecule has 8 aromatic rings. The van der Waals surface area contributed by atoms with Crippen molar-refractivity contribution in [1.82, 2.24) is 9.97 Å². The Morgan fingerprint density at radius 2 is 0.417 bits per heavy atom. The summed E-state index contributed by atoms with van der Waals surface area (Å²) in [5, 5.41) is 0. The largest absolute Gasteiger partial charge is 0.265 e. The van der Waals surface area contributed by atoms with Gasteiger partial charge in [0.25, 0.3) is 0 Å². The second-order valence-electron chi connectivity index (χ2n) is 12.0. The molecule has 2 heterocycles. The molecule has 0 saturated heterocycles. The molecule has 0 spiro atoms. The summed E-state index contributed by atoms with van der Waals surface area (Å²) < 4.78 is 0. The third kappa shape index (κ3) is 6.20. The van der Waals surface area contributed by atoms with Gasteiger partial charge in [-0.1, -0.05) is 103 Å². The summed E-state index contributed by atoms with van der Waals surface area (Å²) in [4.78, 5) is 8.38. The van der Waals surface area contributed by atoms with E-state index in [0.29, 0.717) is 0 Å². The fourth-order valence-electron chi connectivity index (χ4n) is 6.36. The highest BCUT2D eigenvalue weighted by Gasteiger charge is 2.11. The van der Waals surface area contributed by atoms with Gasteiger partial charge in [-0.2, -0.15) is 0 Å². The molecular formula is C46H32N2. The Morgan fingerprint density at radius 3 is 0.771 bits per heavy atom. The van der Waals surface area contributed by atoms with Gasteiger partial charge in [-0.25, -0.2) is 0 Å². The maximum absolute atomic E-state index is 4.19. The van der Waals surface area contributed by atoms with Gasteiger partial charge in [0.05, 0.1) is 0 Å². The summed E-state index contributed by atoms with van der Waals surface area (Å²) in [6.45, 7) is 0. The highest BCUT2D eigenvalue weighted by atomic mass is 14.6. The van der Waals surface area contributed by atoms with Crippen LogP contribution in [-0.2, 0) is 0 Å². The molecule has 48 heavy (non-hydrogen) atoms. The highest BCUT2D eigenvalue weighted by molar-refractivity contribution is 5.85. The molecule has 0 fully saturated rings. The standard InChI is InChI=1S/C46H32N2/c1-2-8-33(9-3-1)44-30-45(42-16-6-14-40(28-42)38-12-4-10-36(26-38)34-18-22-47-23-19-34)32-46(31-44)43-17-7-15-41(29-43)39-13-5-11-37(27-39)35-20-24-48-25-21-35/h1-32H. The summed E-state index contributed by atoms with van der Waals surface area (Å²) in [7, 11) is 0. The molecule has 0 bridgehead atoms. The first-order valence-electron chi connectivity index (χ1n) is 16.2. The van der Waals surface area contributed by atoms with Gasteiger partial charge in [-0.15, -0.1) is 0 Å². The number of hydrogen-bond acceptors (Lipinski definition) is 2. The van der Waals surface area contributed by atoms with E-state index < -0.39 is 0 Å². The number of nitrogens with zero attached hydrogens (tertiary/aromatic N) is 2. The van der Waals surface area contributed by atoms with Crippen LogP contribution in [0, 0.1) is 0 Å². The molecule has 2 heteroatoms. The van der Waals surface area contributed by atoms with Crippen LogP contribution in [0.15, 0.2) is 195 Å². The minimum atomic E-state index is 1.16. The molecule has 0 aliphatic carbocycles. The average molecular weight is 613 g/mol. The van der Waals surface area contributed by atoms with Crippen LogP contribution >= 0.6 is 0 Å². The molecule has 0 radical (unpaired) electrons. The molecule has 2 aromatic heterocycles. The first-order valence-corrected chi connectivity index (χ1v) is 16.2. The topological polar surface area (TPSA) is 25.8 Å². The lowest BCUT2D eigenvalue weighted by molar-refractivity contribution is 1.33. The number of rotatable bonds is 7. The molecule has 0 atom stereocenters. The smallest absolute Gasteiger partial charge is 0.0273 e. The van der Waals surface area contributed by atoms with Gasteiger partial charge in [0.15, 0.2) is 0 Å². The van der Waals surface area contributed by atoms with E-state index in [-0.39, 0.29) is 0 Å². The summed E-state index contributed by atoms with van der Waals surface area (Å²) >= 11 is 0. The lowest BCUT2D eigenvalue weighted by atomic mass is 9.91. The third-order valence-electron chi connectivity index (χ3n) is 8.85. The monoisotopic (exact) mass is 612 g/mol. The second kappa shape index (κ2) is 13.2. The van der Waals surface area contributed by atoms with Crippen molar-refractivity contribution in [3.05, 3.63) is 195 Å². The molecule has 0 unspecified atom stereocenters. The van der Waals surface area contributed by atoms with Gasteiger partial charge >= 0.3 is 0 Å². The van der Waals surface area contributed by atoms with Crippen molar-refractivity contribution in [2.75, 3.05) is 0 Å². The van der Waals surface area contributed by atoms with Crippen molar-refractivity contribution in [3.63, 3.8) is 0 Å². The van der Waals surface area contributed by atoms with E-state index in [1.54, 1.807) is 0 Å². The lowest BCUT2D eigenvalue weighted by Crippen LogP contribution is -1.88. The van der Waals surface area contributed by atoms with E-state index in [4.69, 9.17) is 0 Å². The quantitative estimate of drug-likeness (QED) is 0.179. The Morgan fingerprint density at radius 1 is 0.188 bits per heavy atom. The van der Waals surface area contributed by atoms with Gasteiger partial charge in [0.1, 0.15) is 0 Å². The van der Waals surface area contributed by atoms with E-state index in [1.807, 2.05) is 24.8 Å². The highest BCUT2D eigenvalue weighted by Crippen LogP contribution is 2.36. The van der Waals surface area contributed by atoms with Gasteiger partial charge in [0.2, 0.25) is 0 Å². The molecule has 6 aromatic carbocycles. The van der Waals surface area contributed by atoms with Crippen molar-refractivity contribution in [3.8, 4) is 77.9 Å². The molecule has 0 amide bonds. The predicted octanol–water partition coefficient (Wildman–Crippen LogP) is 12.1. The summed E-state index contributed by atoms with van der Waals surface area (Å²) in [5.41, 5.74) is 16.6. The lowest BCUT2D eigenvalue weighted by Gasteiger charge is -2.14. The SMILES string of the molecule is c1ccc(-c2cc(-c3cccc(-c4cccc(-c5ccncc5)c4)c3)cc(-c3cccc(-c4cccc(-c5ccncc5)c4)c3)c2)cc1. The van der Waals surface area contributed by atoms with Crippen LogP contribution in [-0.4, -0.2) is 9.97 Å². The van der Waals surface area contributed by atoms with Crippen LogP contribution in [0.4, 0.5) is 0 Å². The number of benzene rings is 6. The molecule has 0 saturated carbocycles. The maximum atomic E-state index is 4.19. The van der Waals surface area contributed by atoms with E-state index in [2.05, 4.69) is 180 Å². The molecule has 226 valence electrons. The Labute approximate surface area is 281 Å². The fourth-order valence-corrected chi connectivity index (χ4v) is 6.36. The van der Waals surface area contributed by atoms with Crippen LogP contribution in [0.5, 0.6) is 0 Å². The van der Waals surface area contributed by atoms with Crippen molar-refractivity contribution < 1.29 is 0 Å². The maximum Gasteiger partial charge on any atom is 0.0273 e. The summed E-state index contributed by atoms with van der Waals surface area (Å²) in [6, 6.07) is 61.0. The Hall–Kier alpha value is -6.38. The number of aromatic nitrogens is 2. The van der Waals surface area contributed by atoms with E-state index in [0.717, 1.165) is 11.1 Å². The van der Waals surface area contributed by atoms with E-state index in [1.165, 1.54) is 66.8 Å². The van der Waals surface area contributed by atoms with Crippen LogP contribution in [0.1, 0.15) is 0 Å². The van der Waals surface area contributed by atoms with Crippen molar-refractivity contribution >= 4 is 0 Å². The Kier molecular flexibility index (Phi) is 7.96. The van der Waals surface area contributed by atoms with Crippen molar-refractivity contribution in [2.45, 2.75) is 0 Å². The van der Waals surface area contributed by atoms with Crippen LogP contribution < -0.4 is 0 Å². The van der Waals surface area contributed by atoms with Gasteiger partial charge < -0.3 is 0 Å². The first-order chi connectivity index (χ1) is 23.8. The zero-order valence-electron chi connectivity index (χ0n) is 26.4. The normalized spacial score (nSPS) is 10.9. The molecule has 0 N–H and O–H groups in total. The Bertz CT molecular complexity index is 2180. The van der Waals surface area contributed by atoms with Gasteiger partial charge in [-0.05, 0) is 145 Å². The molecular weight excluding hydrogens is 581 g/mol. The number of pyridine rings is 2. The molecule has 2 nitrogen and oxygen atoms in total. The first kappa shape index (κ1) is 29.1. The average Bonchev–Trinajstić information content (AvgIpc) is 3.19. The molecule has 8 rings (SSSR count).